The fourth-order valence-electron chi connectivity index (χ4n) is 2.43. The van der Waals surface area contributed by atoms with Gasteiger partial charge in [0, 0.05) is 11.3 Å². The lowest BCUT2D eigenvalue weighted by Gasteiger charge is -2.05. The van der Waals surface area contributed by atoms with Gasteiger partial charge in [0.05, 0.1) is 15.5 Å². The van der Waals surface area contributed by atoms with E-state index in [2.05, 4.69) is 5.32 Å². The van der Waals surface area contributed by atoms with Crippen molar-refractivity contribution >= 4 is 33.2 Å². The Hall–Kier alpha value is -2.61. The Balaban J connectivity index is 1.84. The van der Waals surface area contributed by atoms with Gasteiger partial charge < -0.3 is 9.73 Å². The number of rotatable bonds is 4. The van der Waals surface area contributed by atoms with Crippen molar-refractivity contribution in [3.05, 3.63) is 70.9 Å². The number of nitrogens with one attached hydrogen (secondary N) is 1. The number of anilines is 1. The number of carbonyl (C=O) groups is 1. The van der Waals surface area contributed by atoms with Gasteiger partial charge in [0.2, 0.25) is 10.0 Å². The van der Waals surface area contributed by atoms with Crippen LogP contribution in [0.5, 0.6) is 0 Å². The topological polar surface area (TPSA) is 102 Å². The molecule has 0 fully saturated rings. The molecule has 0 spiro atoms. The monoisotopic (exact) mass is 390 g/mol. The van der Waals surface area contributed by atoms with Gasteiger partial charge in [0.25, 0.3) is 5.91 Å². The summed E-state index contributed by atoms with van der Waals surface area (Å²) in [6, 6.07) is 14.3. The highest BCUT2D eigenvalue weighted by molar-refractivity contribution is 7.89. The van der Waals surface area contributed by atoms with Crippen molar-refractivity contribution < 1.29 is 17.6 Å². The molecule has 0 saturated heterocycles. The van der Waals surface area contributed by atoms with Crippen LogP contribution in [0.4, 0.5) is 5.69 Å². The SMILES string of the molecule is Cc1oc(-c2ccccc2Cl)cc1C(=O)Nc1ccc(S(N)(=O)=O)cc1. The fourth-order valence-corrected chi connectivity index (χ4v) is 3.17. The molecule has 26 heavy (non-hydrogen) atoms. The van der Waals surface area contributed by atoms with Crippen molar-refractivity contribution in [3.63, 3.8) is 0 Å². The zero-order chi connectivity index (χ0) is 18.9. The van der Waals surface area contributed by atoms with E-state index in [-0.39, 0.29) is 10.8 Å². The molecule has 0 saturated carbocycles. The zero-order valence-corrected chi connectivity index (χ0v) is 15.3. The first-order chi connectivity index (χ1) is 12.3. The van der Waals surface area contributed by atoms with Gasteiger partial charge in [-0.05, 0) is 49.4 Å². The van der Waals surface area contributed by atoms with Gasteiger partial charge in [-0.1, -0.05) is 23.7 Å². The lowest BCUT2D eigenvalue weighted by atomic mass is 10.1. The maximum Gasteiger partial charge on any atom is 0.259 e. The van der Waals surface area contributed by atoms with Gasteiger partial charge in [-0.3, -0.25) is 4.79 Å². The Morgan fingerprint density at radius 1 is 1.12 bits per heavy atom. The molecule has 0 atom stereocenters. The van der Waals surface area contributed by atoms with Crippen LogP contribution in [0.1, 0.15) is 16.1 Å². The molecular formula is C18H15ClN2O4S. The number of benzene rings is 2. The highest BCUT2D eigenvalue weighted by Crippen LogP contribution is 2.31. The van der Waals surface area contributed by atoms with Gasteiger partial charge in [0.1, 0.15) is 11.5 Å². The number of halogens is 1. The second-order valence-electron chi connectivity index (χ2n) is 5.58. The molecule has 3 aromatic rings. The lowest BCUT2D eigenvalue weighted by molar-refractivity contribution is 0.102. The Labute approximate surface area is 155 Å². The molecule has 3 N–H and O–H groups in total. The summed E-state index contributed by atoms with van der Waals surface area (Å²) in [7, 11) is -3.78. The smallest absolute Gasteiger partial charge is 0.259 e. The number of nitrogens with two attached hydrogens (primary N) is 1. The van der Waals surface area contributed by atoms with Crippen LogP contribution in [0.3, 0.4) is 0 Å². The van der Waals surface area contributed by atoms with Crippen molar-refractivity contribution in [3.8, 4) is 11.3 Å². The van der Waals surface area contributed by atoms with Crippen molar-refractivity contribution in [2.75, 3.05) is 5.32 Å². The number of hydrogen-bond acceptors (Lipinski definition) is 4. The third kappa shape index (κ3) is 3.80. The summed E-state index contributed by atoms with van der Waals surface area (Å²) in [5.74, 6) is 0.550. The van der Waals surface area contributed by atoms with Crippen LogP contribution < -0.4 is 10.5 Å². The van der Waals surface area contributed by atoms with E-state index >= 15 is 0 Å². The lowest BCUT2D eigenvalue weighted by Crippen LogP contribution is -2.14. The maximum atomic E-state index is 12.5. The van der Waals surface area contributed by atoms with Gasteiger partial charge in [0.15, 0.2) is 0 Å². The number of amides is 1. The predicted octanol–water partition coefficient (Wildman–Crippen LogP) is 3.81. The Kier molecular flexibility index (Phi) is 4.86. The normalized spacial score (nSPS) is 11.3. The molecular weight excluding hydrogens is 376 g/mol. The summed E-state index contributed by atoms with van der Waals surface area (Å²) >= 11 is 6.16. The third-order valence-electron chi connectivity index (χ3n) is 3.74. The highest BCUT2D eigenvalue weighted by Gasteiger charge is 2.17. The van der Waals surface area contributed by atoms with Crippen LogP contribution in [0.2, 0.25) is 5.02 Å². The minimum atomic E-state index is -3.78. The number of hydrogen-bond donors (Lipinski definition) is 2. The molecule has 0 aliphatic carbocycles. The van der Waals surface area contributed by atoms with Crippen LogP contribution in [0.15, 0.2) is 63.9 Å². The minimum Gasteiger partial charge on any atom is -0.460 e. The van der Waals surface area contributed by atoms with Crippen molar-refractivity contribution in [1.82, 2.24) is 0 Å². The second-order valence-corrected chi connectivity index (χ2v) is 7.55. The molecule has 1 aromatic heterocycles. The molecule has 2 aromatic carbocycles. The van der Waals surface area contributed by atoms with Crippen molar-refractivity contribution in [1.29, 1.82) is 0 Å². The summed E-state index contributed by atoms with van der Waals surface area (Å²) in [6.45, 7) is 1.68. The van der Waals surface area contributed by atoms with Crippen LogP contribution >= 0.6 is 11.6 Å². The number of primary sulfonamides is 1. The molecule has 1 heterocycles. The molecule has 0 radical (unpaired) electrons. The highest BCUT2D eigenvalue weighted by atomic mass is 35.5. The Morgan fingerprint density at radius 2 is 1.77 bits per heavy atom. The van der Waals surface area contributed by atoms with Gasteiger partial charge in [-0.25, -0.2) is 13.6 Å². The van der Waals surface area contributed by atoms with E-state index in [0.717, 1.165) is 0 Å². The van der Waals surface area contributed by atoms with Crippen LogP contribution in [-0.2, 0) is 10.0 Å². The van der Waals surface area contributed by atoms with Crippen molar-refractivity contribution in [2.45, 2.75) is 11.8 Å². The van der Waals surface area contributed by atoms with Crippen LogP contribution in [-0.4, -0.2) is 14.3 Å². The summed E-state index contributed by atoms with van der Waals surface area (Å²) in [5, 5.41) is 8.26. The summed E-state index contributed by atoms with van der Waals surface area (Å²) in [6.07, 6.45) is 0. The van der Waals surface area contributed by atoms with Crippen LogP contribution in [0, 0.1) is 6.92 Å². The van der Waals surface area contributed by atoms with Gasteiger partial charge in [-0.2, -0.15) is 0 Å². The molecule has 1 amide bonds. The van der Waals surface area contributed by atoms with Gasteiger partial charge in [-0.15, -0.1) is 0 Å². The first-order valence-electron chi connectivity index (χ1n) is 7.55. The van der Waals surface area contributed by atoms with E-state index in [1.54, 1.807) is 31.2 Å². The average Bonchev–Trinajstić information content (AvgIpc) is 2.96. The molecule has 0 unspecified atom stereocenters. The number of aryl methyl sites for hydroxylation is 1. The van der Waals surface area contributed by atoms with E-state index in [0.29, 0.717) is 33.4 Å². The largest absolute Gasteiger partial charge is 0.460 e. The first kappa shape index (κ1) is 18.2. The number of carbonyl (C=O) groups excluding carboxylic acids is 1. The fraction of sp³-hybridized carbons (Fsp3) is 0.0556. The molecule has 8 heteroatoms. The van der Waals surface area contributed by atoms with E-state index in [1.165, 1.54) is 24.3 Å². The molecule has 0 bridgehead atoms. The summed E-state index contributed by atoms with van der Waals surface area (Å²) < 4.78 is 28.2. The number of sulfonamides is 1. The molecule has 0 aliphatic heterocycles. The van der Waals surface area contributed by atoms with E-state index < -0.39 is 10.0 Å². The minimum absolute atomic E-state index is 0.0315. The van der Waals surface area contributed by atoms with Crippen molar-refractivity contribution in [2.24, 2.45) is 5.14 Å². The second kappa shape index (κ2) is 6.95. The Morgan fingerprint density at radius 3 is 2.38 bits per heavy atom. The summed E-state index contributed by atoms with van der Waals surface area (Å²) in [4.78, 5) is 12.5. The first-order valence-corrected chi connectivity index (χ1v) is 9.47. The third-order valence-corrected chi connectivity index (χ3v) is 5.00. The maximum absolute atomic E-state index is 12.5. The number of furan rings is 1. The van der Waals surface area contributed by atoms with Gasteiger partial charge >= 0.3 is 0 Å². The van der Waals surface area contributed by atoms with E-state index in [4.69, 9.17) is 21.2 Å². The molecule has 0 aliphatic rings. The molecule has 3 rings (SSSR count). The zero-order valence-electron chi connectivity index (χ0n) is 13.7. The van der Waals surface area contributed by atoms with Crippen LogP contribution in [0.25, 0.3) is 11.3 Å². The van der Waals surface area contributed by atoms with E-state index in [9.17, 15) is 13.2 Å². The quantitative estimate of drug-likeness (QED) is 0.707. The molecule has 6 nitrogen and oxygen atoms in total. The molecule has 134 valence electrons. The average molecular weight is 391 g/mol. The summed E-state index contributed by atoms with van der Waals surface area (Å²) in [5.41, 5.74) is 1.48. The predicted molar refractivity (Wildman–Crippen MR) is 99.7 cm³/mol. The standard InChI is InChI=1S/C18H15ClN2O4S/c1-11-15(10-17(25-11)14-4-2-3-5-16(14)19)18(22)21-12-6-8-13(9-7-12)26(20,23)24/h2-10H,1H3,(H,21,22)(H2,20,23,24). The Bertz CT molecular complexity index is 1070. The van der Waals surface area contributed by atoms with E-state index in [1.807, 2.05) is 6.07 Å².